The zero-order valence-corrected chi connectivity index (χ0v) is 18.2. The van der Waals surface area contributed by atoms with Crippen LogP contribution in [0.1, 0.15) is 21.5 Å². The molecule has 0 saturated heterocycles. The van der Waals surface area contributed by atoms with Gasteiger partial charge in [-0.25, -0.2) is 4.98 Å². The quantitative estimate of drug-likeness (QED) is 0.276. The van der Waals surface area contributed by atoms with Gasteiger partial charge in [0, 0.05) is 34.1 Å². The second kappa shape index (κ2) is 8.29. The molecule has 2 aromatic heterocycles. The maximum atomic E-state index is 13.5. The monoisotopic (exact) mass is 482 g/mol. The van der Waals surface area contributed by atoms with Gasteiger partial charge in [0.15, 0.2) is 5.13 Å². The van der Waals surface area contributed by atoms with E-state index in [1.165, 1.54) is 23.5 Å². The molecule has 0 aliphatic rings. The fraction of sp³-hybridized carbons (Fsp3) is 0.0952. The number of anilines is 1. The number of rotatable bonds is 5. The van der Waals surface area contributed by atoms with Crippen LogP contribution in [0.15, 0.2) is 65.4 Å². The number of hydrogen-bond donors (Lipinski definition) is 0. The second-order valence-corrected chi connectivity index (χ2v) is 8.49. The van der Waals surface area contributed by atoms with E-state index in [9.17, 15) is 14.9 Å². The van der Waals surface area contributed by atoms with Gasteiger partial charge >= 0.3 is 0 Å². The average molecular weight is 483 g/mol. The van der Waals surface area contributed by atoms with Gasteiger partial charge in [0.2, 0.25) is 0 Å². The molecule has 0 aliphatic heterocycles. The number of pyridine rings is 1. The Labute approximate surface area is 184 Å². The minimum Gasteiger partial charge on any atom is -0.279 e. The number of fused-ring (bicyclic) bond motifs is 1. The summed E-state index contributed by atoms with van der Waals surface area (Å²) in [6.07, 6.45) is 3.35. The Balaban J connectivity index is 1.81. The topological polar surface area (TPSA) is 89.2 Å². The third-order valence-corrected chi connectivity index (χ3v) is 6.15. The molecule has 0 radical (unpaired) electrons. The molecule has 9 heteroatoms. The van der Waals surface area contributed by atoms with E-state index in [1.54, 1.807) is 36.4 Å². The van der Waals surface area contributed by atoms with Gasteiger partial charge in [-0.2, -0.15) is 0 Å². The SMILES string of the molecule is Cc1c(C(=O)N(Cc2cccnc2)c2nc3ccc(Br)cc3s2)cccc1[N+](=O)[O-]. The number of hydrogen-bond acceptors (Lipinski definition) is 6. The Morgan fingerprint density at radius 2 is 2.07 bits per heavy atom. The van der Waals surface area contributed by atoms with Crippen LogP contribution in [0.25, 0.3) is 10.2 Å². The van der Waals surface area contributed by atoms with E-state index in [0.717, 1.165) is 20.3 Å². The highest BCUT2D eigenvalue weighted by atomic mass is 79.9. The predicted octanol–water partition coefficient (Wildman–Crippen LogP) is 5.52. The number of carbonyl (C=O) groups excluding carboxylic acids is 1. The Morgan fingerprint density at radius 1 is 1.23 bits per heavy atom. The Bertz CT molecular complexity index is 1260. The van der Waals surface area contributed by atoms with Gasteiger partial charge in [0.05, 0.1) is 21.7 Å². The van der Waals surface area contributed by atoms with Gasteiger partial charge in [0.1, 0.15) is 0 Å². The molecule has 2 heterocycles. The van der Waals surface area contributed by atoms with Gasteiger partial charge in [-0.1, -0.05) is 39.4 Å². The fourth-order valence-electron chi connectivity index (χ4n) is 3.10. The van der Waals surface area contributed by atoms with E-state index < -0.39 is 4.92 Å². The van der Waals surface area contributed by atoms with Crippen molar-refractivity contribution >= 4 is 54.2 Å². The molecule has 0 spiro atoms. The summed E-state index contributed by atoms with van der Waals surface area (Å²) in [5.74, 6) is -0.349. The number of nitro groups is 1. The minimum atomic E-state index is -0.479. The minimum absolute atomic E-state index is 0.0876. The second-order valence-electron chi connectivity index (χ2n) is 6.57. The standard InChI is InChI=1S/C21H15BrN4O3S/c1-13-16(5-2-6-18(13)26(28)29)20(27)25(12-14-4-3-9-23-11-14)21-24-17-8-7-15(22)10-19(17)30-21/h2-11H,12H2,1H3. The molecule has 7 nitrogen and oxygen atoms in total. The molecule has 0 aliphatic carbocycles. The molecule has 2 aromatic carbocycles. The molecule has 150 valence electrons. The number of halogens is 1. The van der Waals surface area contributed by atoms with E-state index >= 15 is 0 Å². The van der Waals surface area contributed by atoms with Crippen molar-refractivity contribution in [2.75, 3.05) is 4.90 Å². The number of carbonyl (C=O) groups is 1. The normalized spacial score (nSPS) is 10.9. The summed E-state index contributed by atoms with van der Waals surface area (Å²) in [7, 11) is 0. The highest BCUT2D eigenvalue weighted by Gasteiger charge is 2.26. The van der Waals surface area contributed by atoms with Crippen molar-refractivity contribution in [2.45, 2.75) is 13.5 Å². The lowest BCUT2D eigenvalue weighted by atomic mass is 10.1. The molecule has 0 atom stereocenters. The summed E-state index contributed by atoms with van der Waals surface area (Å²) in [5.41, 5.74) is 2.11. The Morgan fingerprint density at radius 3 is 2.80 bits per heavy atom. The van der Waals surface area contributed by atoms with Gasteiger partial charge in [-0.15, -0.1) is 0 Å². The number of benzene rings is 2. The zero-order valence-electron chi connectivity index (χ0n) is 15.8. The first-order valence-corrected chi connectivity index (χ1v) is 10.6. The summed E-state index contributed by atoms with van der Waals surface area (Å²) in [5, 5.41) is 11.9. The van der Waals surface area contributed by atoms with Crippen LogP contribution in [0.4, 0.5) is 10.8 Å². The van der Waals surface area contributed by atoms with Crippen molar-refractivity contribution in [3.05, 3.63) is 92.2 Å². The van der Waals surface area contributed by atoms with E-state index in [0.29, 0.717) is 10.7 Å². The lowest BCUT2D eigenvalue weighted by molar-refractivity contribution is -0.385. The van der Waals surface area contributed by atoms with Crippen molar-refractivity contribution in [3.8, 4) is 0 Å². The first kappa shape index (κ1) is 20.1. The van der Waals surface area contributed by atoms with Crippen molar-refractivity contribution in [3.63, 3.8) is 0 Å². The van der Waals surface area contributed by atoms with Crippen LogP contribution < -0.4 is 4.90 Å². The molecule has 0 N–H and O–H groups in total. The number of nitrogens with zero attached hydrogens (tertiary/aromatic N) is 4. The summed E-state index contributed by atoms with van der Waals surface area (Å²) < 4.78 is 1.85. The summed E-state index contributed by atoms with van der Waals surface area (Å²) in [6.45, 7) is 1.83. The maximum Gasteiger partial charge on any atom is 0.273 e. The number of aromatic nitrogens is 2. The Kier molecular flexibility index (Phi) is 5.56. The van der Waals surface area contributed by atoms with Gasteiger partial charge in [-0.05, 0) is 42.8 Å². The van der Waals surface area contributed by atoms with Crippen LogP contribution >= 0.6 is 27.3 Å². The highest BCUT2D eigenvalue weighted by Crippen LogP contribution is 2.33. The maximum absolute atomic E-state index is 13.5. The fourth-order valence-corrected chi connectivity index (χ4v) is 4.62. The summed E-state index contributed by atoms with van der Waals surface area (Å²) >= 11 is 4.84. The lowest BCUT2D eigenvalue weighted by Crippen LogP contribution is -2.31. The van der Waals surface area contributed by atoms with Gasteiger partial charge < -0.3 is 0 Å². The van der Waals surface area contributed by atoms with Crippen molar-refractivity contribution in [1.82, 2.24) is 9.97 Å². The van der Waals surface area contributed by atoms with Gasteiger partial charge in [-0.3, -0.25) is 24.8 Å². The molecular formula is C21H15BrN4O3S. The van der Waals surface area contributed by atoms with E-state index in [1.807, 2.05) is 24.3 Å². The smallest absolute Gasteiger partial charge is 0.273 e. The third-order valence-electron chi connectivity index (χ3n) is 4.61. The molecule has 0 bridgehead atoms. The molecule has 0 unspecified atom stereocenters. The first-order valence-electron chi connectivity index (χ1n) is 8.95. The average Bonchev–Trinajstić information content (AvgIpc) is 3.15. The summed E-state index contributed by atoms with van der Waals surface area (Å²) in [4.78, 5) is 34.7. The zero-order chi connectivity index (χ0) is 21.3. The van der Waals surface area contributed by atoms with Crippen molar-refractivity contribution < 1.29 is 9.72 Å². The van der Waals surface area contributed by atoms with Crippen LogP contribution in [0.3, 0.4) is 0 Å². The molecular weight excluding hydrogens is 468 g/mol. The summed E-state index contributed by atoms with van der Waals surface area (Å²) in [6, 6.07) is 13.9. The molecule has 4 rings (SSSR count). The van der Waals surface area contributed by atoms with E-state index in [4.69, 9.17) is 0 Å². The van der Waals surface area contributed by atoms with E-state index in [-0.39, 0.29) is 23.7 Å². The van der Waals surface area contributed by atoms with Crippen LogP contribution in [0.5, 0.6) is 0 Å². The van der Waals surface area contributed by atoms with Crippen molar-refractivity contribution in [1.29, 1.82) is 0 Å². The number of thiazole rings is 1. The van der Waals surface area contributed by atoms with Gasteiger partial charge in [0.25, 0.3) is 11.6 Å². The first-order chi connectivity index (χ1) is 14.4. The largest absolute Gasteiger partial charge is 0.279 e. The third kappa shape index (κ3) is 3.94. The van der Waals surface area contributed by atoms with Crippen LogP contribution in [0, 0.1) is 17.0 Å². The Hall–Kier alpha value is -3.17. The molecule has 1 amide bonds. The van der Waals surface area contributed by atoms with Crippen LogP contribution in [-0.2, 0) is 6.54 Å². The number of amides is 1. The number of nitro benzene ring substituents is 1. The van der Waals surface area contributed by atoms with Crippen molar-refractivity contribution in [2.24, 2.45) is 0 Å². The predicted molar refractivity (Wildman–Crippen MR) is 120 cm³/mol. The van der Waals surface area contributed by atoms with E-state index in [2.05, 4.69) is 25.9 Å². The molecule has 4 aromatic rings. The molecule has 0 saturated carbocycles. The molecule has 30 heavy (non-hydrogen) atoms. The van der Waals surface area contributed by atoms with Crippen LogP contribution in [-0.4, -0.2) is 20.8 Å². The molecule has 0 fully saturated rings. The lowest BCUT2D eigenvalue weighted by Gasteiger charge is -2.21. The highest BCUT2D eigenvalue weighted by molar-refractivity contribution is 9.10. The van der Waals surface area contributed by atoms with Crippen LogP contribution in [0.2, 0.25) is 0 Å².